The monoisotopic (exact) mass is 404 g/mol. The smallest absolute Gasteiger partial charge is 0.382 e. The van der Waals surface area contributed by atoms with Gasteiger partial charge in [0.1, 0.15) is 0 Å². The van der Waals surface area contributed by atoms with E-state index in [0.29, 0.717) is 18.0 Å². The third kappa shape index (κ3) is 5.60. The van der Waals surface area contributed by atoms with E-state index in [1.807, 2.05) is 0 Å². The van der Waals surface area contributed by atoms with Gasteiger partial charge in [-0.3, -0.25) is 0 Å². The predicted octanol–water partition coefficient (Wildman–Crippen LogP) is 4.92. The second-order valence-electron chi connectivity index (χ2n) is 7.89. The summed E-state index contributed by atoms with van der Waals surface area (Å²) in [4.78, 5) is -0.702. The summed E-state index contributed by atoms with van der Waals surface area (Å²) in [6, 6.07) is 3.18. The first-order chi connectivity index (χ1) is 12.6. The van der Waals surface area contributed by atoms with Crippen LogP contribution in [0.1, 0.15) is 63.9 Å². The van der Waals surface area contributed by atoms with E-state index in [9.17, 15) is 21.6 Å². The quantitative estimate of drug-likeness (QED) is 0.678. The minimum absolute atomic E-state index is 0.138. The van der Waals surface area contributed by atoms with Crippen LogP contribution in [0, 0.1) is 5.92 Å². The molecule has 2 aliphatic carbocycles. The van der Waals surface area contributed by atoms with Crippen molar-refractivity contribution >= 4 is 15.7 Å². The molecule has 1 atom stereocenters. The van der Waals surface area contributed by atoms with Crippen molar-refractivity contribution in [3.05, 3.63) is 23.8 Å². The molecule has 3 rings (SSSR count). The number of benzene rings is 1. The number of anilines is 1. The first-order valence-corrected chi connectivity index (χ1v) is 11.1. The fourth-order valence-electron chi connectivity index (χ4n) is 3.79. The summed E-state index contributed by atoms with van der Waals surface area (Å²) in [5.74, 6) is 0.479. The molecule has 152 valence electrons. The van der Waals surface area contributed by atoms with Crippen molar-refractivity contribution in [3.8, 4) is 0 Å². The SMILES string of the molecule is CC(CC1CC1)NS(=O)(=O)c1ccc(NC2CCCCC2)cc1C(F)(F)F. The van der Waals surface area contributed by atoms with Crippen molar-refractivity contribution in [2.24, 2.45) is 5.92 Å². The summed E-state index contributed by atoms with van der Waals surface area (Å²) in [7, 11) is -4.24. The lowest BCUT2D eigenvalue weighted by Gasteiger charge is -2.25. The van der Waals surface area contributed by atoms with E-state index in [2.05, 4.69) is 10.0 Å². The molecule has 0 heterocycles. The molecule has 0 amide bonds. The summed E-state index contributed by atoms with van der Waals surface area (Å²) in [5, 5.41) is 3.13. The first kappa shape index (κ1) is 20.5. The van der Waals surface area contributed by atoms with Crippen LogP contribution < -0.4 is 10.0 Å². The maximum absolute atomic E-state index is 13.6. The van der Waals surface area contributed by atoms with Crippen LogP contribution in [0.5, 0.6) is 0 Å². The Labute approximate surface area is 159 Å². The van der Waals surface area contributed by atoms with Gasteiger partial charge in [0.05, 0.1) is 10.5 Å². The van der Waals surface area contributed by atoms with E-state index in [1.54, 1.807) is 6.92 Å². The molecule has 27 heavy (non-hydrogen) atoms. The number of hydrogen-bond acceptors (Lipinski definition) is 3. The molecule has 2 saturated carbocycles. The lowest BCUT2D eigenvalue weighted by atomic mass is 9.95. The molecule has 2 aliphatic rings. The third-order valence-corrected chi connectivity index (χ3v) is 6.94. The van der Waals surface area contributed by atoms with Crippen molar-refractivity contribution in [2.45, 2.75) is 81.4 Å². The van der Waals surface area contributed by atoms with E-state index in [4.69, 9.17) is 0 Å². The van der Waals surface area contributed by atoms with E-state index < -0.39 is 26.7 Å². The maximum Gasteiger partial charge on any atom is 0.417 e. The molecule has 1 aromatic rings. The summed E-state index contributed by atoms with van der Waals surface area (Å²) in [6.07, 6.45) is 3.12. The van der Waals surface area contributed by atoms with Gasteiger partial charge in [0.25, 0.3) is 0 Å². The minimum atomic E-state index is -4.74. The Morgan fingerprint density at radius 1 is 1.11 bits per heavy atom. The van der Waals surface area contributed by atoms with Crippen molar-refractivity contribution in [1.82, 2.24) is 4.72 Å². The molecule has 0 aliphatic heterocycles. The third-order valence-electron chi connectivity index (χ3n) is 5.29. The van der Waals surface area contributed by atoms with Crippen LogP contribution in [-0.2, 0) is 16.2 Å². The Balaban J connectivity index is 1.82. The Morgan fingerprint density at radius 2 is 1.78 bits per heavy atom. The van der Waals surface area contributed by atoms with E-state index in [0.717, 1.165) is 57.1 Å². The van der Waals surface area contributed by atoms with Crippen LogP contribution in [0.4, 0.5) is 18.9 Å². The van der Waals surface area contributed by atoms with Crippen LogP contribution in [0.3, 0.4) is 0 Å². The topological polar surface area (TPSA) is 58.2 Å². The molecule has 1 unspecified atom stereocenters. The minimum Gasteiger partial charge on any atom is -0.382 e. The van der Waals surface area contributed by atoms with Crippen LogP contribution >= 0.6 is 0 Å². The molecule has 2 N–H and O–H groups in total. The van der Waals surface area contributed by atoms with Crippen LogP contribution in [0.15, 0.2) is 23.1 Å². The summed E-state index contributed by atoms with van der Waals surface area (Å²) < 4.78 is 68.3. The second-order valence-corrected chi connectivity index (χ2v) is 9.57. The fraction of sp³-hybridized carbons (Fsp3) is 0.684. The lowest BCUT2D eigenvalue weighted by Crippen LogP contribution is -2.34. The average Bonchev–Trinajstić information content (AvgIpc) is 3.38. The van der Waals surface area contributed by atoms with Gasteiger partial charge in [-0.2, -0.15) is 13.2 Å². The standard InChI is InChI=1S/C19H27F3N2O2S/c1-13(11-14-7-8-14)24-27(25,26)18-10-9-16(12-17(18)19(20,21)22)23-15-5-3-2-4-6-15/h9-10,12-15,23-24H,2-8,11H2,1H3. The lowest BCUT2D eigenvalue weighted by molar-refractivity contribution is -0.139. The van der Waals surface area contributed by atoms with Gasteiger partial charge in [0, 0.05) is 17.8 Å². The number of nitrogens with one attached hydrogen (secondary N) is 2. The highest BCUT2D eigenvalue weighted by Gasteiger charge is 2.38. The van der Waals surface area contributed by atoms with Crippen molar-refractivity contribution < 1.29 is 21.6 Å². The molecule has 0 saturated heterocycles. The zero-order chi connectivity index (χ0) is 19.7. The fourth-order valence-corrected chi connectivity index (χ4v) is 5.25. The molecule has 8 heteroatoms. The highest BCUT2D eigenvalue weighted by Crippen LogP contribution is 2.37. The van der Waals surface area contributed by atoms with Gasteiger partial charge in [0.2, 0.25) is 10.0 Å². The number of rotatable bonds is 7. The predicted molar refractivity (Wildman–Crippen MR) is 99.1 cm³/mol. The van der Waals surface area contributed by atoms with Gasteiger partial charge in [-0.15, -0.1) is 0 Å². The Kier molecular flexibility index (Phi) is 6.05. The molecule has 4 nitrogen and oxygen atoms in total. The van der Waals surface area contributed by atoms with Crippen molar-refractivity contribution in [1.29, 1.82) is 0 Å². The number of halogens is 3. The van der Waals surface area contributed by atoms with E-state index >= 15 is 0 Å². The van der Waals surface area contributed by atoms with Gasteiger partial charge in [0.15, 0.2) is 0 Å². The largest absolute Gasteiger partial charge is 0.417 e. The number of alkyl halides is 3. The zero-order valence-corrected chi connectivity index (χ0v) is 16.3. The summed E-state index contributed by atoms with van der Waals surface area (Å²) in [6.45, 7) is 1.70. The van der Waals surface area contributed by atoms with Gasteiger partial charge in [-0.1, -0.05) is 32.1 Å². The highest BCUT2D eigenvalue weighted by molar-refractivity contribution is 7.89. The Hall–Kier alpha value is -1.28. The number of hydrogen-bond donors (Lipinski definition) is 2. The molecule has 1 aromatic carbocycles. The zero-order valence-electron chi connectivity index (χ0n) is 15.5. The van der Waals surface area contributed by atoms with Gasteiger partial charge in [-0.25, -0.2) is 13.1 Å². The molecule has 0 aromatic heterocycles. The van der Waals surface area contributed by atoms with Crippen molar-refractivity contribution in [2.75, 3.05) is 5.32 Å². The van der Waals surface area contributed by atoms with Crippen molar-refractivity contribution in [3.63, 3.8) is 0 Å². The first-order valence-electron chi connectivity index (χ1n) is 9.65. The molecule has 0 bridgehead atoms. The molecular weight excluding hydrogens is 377 g/mol. The molecule has 0 spiro atoms. The highest BCUT2D eigenvalue weighted by atomic mass is 32.2. The van der Waals surface area contributed by atoms with Crippen LogP contribution in [0.2, 0.25) is 0 Å². The Bertz CT molecular complexity index is 755. The number of sulfonamides is 1. The summed E-state index contributed by atoms with van der Waals surface area (Å²) in [5.41, 5.74) is -0.798. The molecule has 2 fully saturated rings. The molecular formula is C19H27F3N2O2S. The van der Waals surface area contributed by atoms with Gasteiger partial charge >= 0.3 is 6.18 Å². The van der Waals surface area contributed by atoms with Gasteiger partial charge < -0.3 is 5.32 Å². The average molecular weight is 404 g/mol. The van der Waals surface area contributed by atoms with Crippen LogP contribution in [0.25, 0.3) is 0 Å². The van der Waals surface area contributed by atoms with Gasteiger partial charge in [-0.05, 0) is 50.3 Å². The summed E-state index contributed by atoms with van der Waals surface area (Å²) >= 11 is 0. The Morgan fingerprint density at radius 3 is 2.37 bits per heavy atom. The van der Waals surface area contributed by atoms with E-state index in [1.165, 1.54) is 6.07 Å². The molecule has 0 radical (unpaired) electrons. The second kappa shape index (κ2) is 7.99. The maximum atomic E-state index is 13.6. The normalized spacial score (nSPS) is 20.4. The van der Waals surface area contributed by atoms with E-state index in [-0.39, 0.29) is 12.1 Å². The van der Waals surface area contributed by atoms with Crippen LogP contribution in [-0.4, -0.2) is 20.5 Å².